The van der Waals surface area contributed by atoms with Gasteiger partial charge in [0.15, 0.2) is 5.65 Å². The van der Waals surface area contributed by atoms with Crippen LogP contribution in [0.1, 0.15) is 38.2 Å². The molecule has 4 rings (SSSR count). The highest BCUT2D eigenvalue weighted by Crippen LogP contribution is 2.52. The van der Waals surface area contributed by atoms with Gasteiger partial charge in [0.25, 0.3) is 5.56 Å². The standard InChI is InChI=1S/C17H19N5O2/c1-9(2)5-10-6-11(10)12-7-14(21-22-4-3-18-15(12)22)13-8-19-17(24)20-16(13)23/h3-4,7-11H,5-6H2,1-2H3,(H2,19,20,23,24)/t10-,11-/m1/s1. The lowest BCUT2D eigenvalue weighted by molar-refractivity contribution is 0.532. The molecule has 24 heavy (non-hydrogen) atoms. The van der Waals surface area contributed by atoms with Crippen molar-refractivity contribution in [1.82, 2.24) is 24.6 Å². The number of imidazole rings is 1. The fraction of sp³-hybridized carbons (Fsp3) is 0.412. The maximum absolute atomic E-state index is 12.1. The van der Waals surface area contributed by atoms with Crippen molar-refractivity contribution in [1.29, 1.82) is 0 Å². The summed E-state index contributed by atoms with van der Waals surface area (Å²) in [5.41, 5.74) is 1.91. The molecule has 2 N–H and O–H groups in total. The summed E-state index contributed by atoms with van der Waals surface area (Å²) in [6, 6.07) is 1.94. The minimum atomic E-state index is -0.521. The smallest absolute Gasteiger partial charge is 0.313 e. The van der Waals surface area contributed by atoms with E-state index in [-0.39, 0.29) is 0 Å². The fourth-order valence-corrected chi connectivity index (χ4v) is 3.44. The van der Waals surface area contributed by atoms with Crippen molar-refractivity contribution in [3.63, 3.8) is 0 Å². The number of nitrogens with zero attached hydrogens (tertiary/aromatic N) is 3. The Balaban J connectivity index is 1.81. The first-order valence-corrected chi connectivity index (χ1v) is 8.19. The van der Waals surface area contributed by atoms with Gasteiger partial charge in [0.05, 0.1) is 11.3 Å². The zero-order valence-corrected chi connectivity index (χ0v) is 13.6. The van der Waals surface area contributed by atoms with Crippen LogP contribution in [0.5, 0.6) is 0 Å². The third kappa shape index (κ3) is 2.55. The van der Waals surface area contributed by atoms with Crippen molar-refractivity contribution in [3.05, 3.63) is 51.1 Å². The van der Waals surface area contributed by atoms with E-state index in [4.69, 9.17) is 0 Å². The van der Waals surface area contributed by atoms with Gasteiger partial charge in [-0.05, 0) is 36.7 Å². The van der Waals surface area contributed by atoms with Crippen molar-refractivity contribution in [2.45, 2.75) is 32.6 Å². The van der Waals surface area contributed by atoms with Gasteiger partial charge in [-0.15, -0.1) is 0 Å². The van der Waals surface area contributed by atoms with Gasteiger partial charge in [-0.3, -0.25) is 9.78 Å². The van der Waals surface area contributed by atoms with Crippen molar-refractivity contribution in [2.75, 3.05) is 0 Å². The summed E-state index contributed by atoms with van der Waals surface area (Å²) < 4.78 is 1.71. The van der Waals surface area contributed by atoms with Crippen LogP contribution in [0.2, 0.25) is 0 Å². The van der Waals surface area contributed by atoms with Gasteiger partial charge in [0.1, 0.15) is 0 Å². The van der Waals surface area contributed by atoms with Crippen molar-refractivity contribution >= 4 is 5.65 Å². The van der Waals surface area contributed by atoms with Crippen LogP contribution >= 0.6 is 0 Å². The average molecular weight is 325 g/mol. The number of nitrogens with one attached hydrogen (secondary N) is 2. The number of hydrogen-bond acceptors (Lipinski definition) is 4. The molecule has 0 saturated heterocycles. The Morgan fingerprint density at radius 3 is 2.96 bits per heavy atom. The lowest BCUT2D eigenvalue weighted by Gasteiger charge is -2.08. The first-order valence-electron chi connectivity index (χ1n) is 8.19. The molecular weight excluding hydrogens is 306 g/mol. The molecular formula is C17H19N5O2. The Bertz CT molecular complexity index is 1010. The molecule has 3 aromatic rings. The van der Waals surface area contributed by atoms with Gasteiger partial charge >= 0.3 is 5.69 Å². The van der Waals surface area contributed by atoms with Crippen molar-refractivity contribution < 1.29 is 0 Å². The predicted octanol–water partition coefficient (Wildman–Crippen LogP) is 1.92. The molecule has 7 heteroatoms. The summed E-state index contributed by atoms with van der Waals surface area (Å²) in [7, 11) is 0. The molecule has 1 aliphatic carbocycles. The van der Waals surface area contributed by atoms with Crippen LogP contribution in [0, 0.1) is 11.8 Å². The predicted molar refractivity (Wildman–Crippen MR) is 90.0 cm³/mol. The van der Waals surface area contributed by atoms with E-state index >= 15 is 0 Å². The second-order valence-electron chi connectivity index (χ2n) is 6.90. The number of fused-ring (bicyclic) bond motifs is 1. The third-order valence-electron chi connectivity index (χ3n) is 4.58. The number of rotatable bonds is 4. The number of aromatic nitrogens is 5. The van der Waals surface area contributed by atoms with Crippen LogP contribution < -0.4 is 11.2 Å². The van der Waals surface area contributed by atoms with Gasteiger partial charge in [0, 0.05) is 24.2 Å². The topological polar surface area (TPSA) is 95.9 Å². The van der Waals surface area contributed by atoms with Crippen molar-refractivity contribution in [2.24, 2.45) is 11.8 Å². The molecule has 3 heterocycles. The quantitative estimate of drug-likeness (QED) is 0.766. The fourth-order valence-electron chi connectivity index (χ4n) is 3.44. The van der Waals surface area contributed by atoms with E-state index in [1.165, 1.54) is 12.6 Å². The summed E-state index contributed by atoms with van der Waals surface area (Å²) >= 11 is 0. The monoisotopic (exact) mass is 325 g/mol. The molecule has 0 aliphatic heterocycles. The highest BCUT2D eigenvalue weighted by atomic mass is 16.2. The maximum Gasteiger partial charge on any atom is 0.325 e. The van der Waals surface area contributed by atoms with Crippen molar-refractivity contribution in [3.8, 4) is 11.3 Å². The van der Waals surface area contributed by atoms with Gasteiger partial charge in [-0.25, -0.2) is 14.3 Å². The van der Waals surface area contributed by atoms with Gasteiger partial charge in [-0.1, -0.05) is 13.8 Å². The van der Waals surface area contributed by atoms with Gasteiger partial charge in [-0.2, -0.15) is 5.10 Å². The van der Waals surface area contributed by atoms with Gasteiger partial charge < -0.3 is 4.98 Å². The Hall–Kier alpha value is -2.70. The second-order valence-corrected chi connectivity index (χ2v) is 6.90. The third-order valence-corrected chi connectivity index (χ3v) is 4.58. The lowest BCUT2D eigenvalue weighted by Crippen LogP contribution is -2.23. The average Bonchev–Trinajstić information content (AvgIpc) is 3.09. The van der Waals surface area contributed by atoms with Crippen LogP contribution in [0.4, 0.5) is 0 Å². The largest absolute Gasteiger partial charge is 0.325 e. The summed E-state index contributed by atoms with van der Waals surface area (Å²) in [5.74, 6) is 1.79. The number of aromatic amines is 2. The van der Waals surface area contributed by atoms with E-state index in [9.17, 15) is 9.59 Å². The molecule has 0 aromatic carbocycles. The zero-order valence-electron chi connectivity index (χ0n) is 13.6. The second kappa shape index (κ2) is 5.43. The molecule has 1 fully saturated rings. The van der Waals surface area contributed by atoms with Crippen LogP contribution in [-0.4, -0.2) is 24.6 Å². The van der Waals surface area contributed by atoms with Crippen LogP contribution in [0.25, 0.3) is 16.9 Å². The SMILES string of the molecule is CC(C)C[C@@H]1C[C@H]1c1cc(-c2c[nH]c(=O)[nH]c2=O)nn2ccnc12. The van der Waals surface area contributed by atoms with E-state index in [0.717, 1.165) is 17.6 Å². The molecule has 0 radical (unpaired) electrons. The van der Waals surface area contributed by atoms with Crippen LogP contribution in [0.3, 0.4) is 0 Å². The molecule has 0 amide bonds. The van der Waals surface area contributed by atoms with E-state index in [1.807, 2.05) is 6.07 Å². The summed E-state index contributed by atoms with van der Waals surface area (Å²) in [4.78, 5) is 32.5. The molecule has 124 valence electrons. The van der Waals surface area contributed by atoms with E-state index in [1.54, 1.807) is 16.9 Å². The van der Waals surface area contributed by atoms with E-state index in [0.29, 0.717) is 29.0 Å². The zero-order chi connectivity index (χ0) is 16.8. The summed E-state index contributed by atoms with van der Waals surface area (Å²) in [6.45, 7) is 4.47. The molecule has 1 saturated carbocycles. The maximum atomic E-state index is 12.1. The summed E-state index contributed by atoms with van der Waals surface area (Å²) in [6.07, 6.45) is 7.24. The van der Waals surface area contributed by atoms with Gasteiger partial charge in [0.2, 0.25) is 0 Å². The van der Waals surface area contributed by atoms with Crippen LogP contribution in [0.15, 0.2) is 34.2 Å². The Kier molecular flexibility index (Phi) is 3.37. The lowest BCUT2D eigenvalue weighted by atomic mass is 10.0. The Morgan fingerprint density at radius 2 is 2.21 bits per heavy atom. The highest BCUT2D eigenvalue weighted by molar-refractivity contribution is 5.62. The first kappa shape index (κ1) is 14.9. The molecule has 0 unspecified atom stereocenters. The highest BCUT2D eigenvalue weighted by Gasteiger charge is 2.40. The molecule has 0 bridgehead atoms. The number of H-pyrrole nitrogens is 2. The summed E-state index contributed by atoms with van der Waals surface area (Å²) in [5, 5.41) is 4.46. The number of hydrogen-bond donors (Lipinski definition) is 2. The minimum Gasteiger partial charge on any atom is -0.313 e. The molecule has 2 atom stereocenters. The first-order chi connectivity index (χ1) is 11.5. The Labute approximate surface area is 137 Å². The van der Waals surface area contributed by atoms with E-state index < -0.39 is 11.2 Å². The normalized spacial score (nSPS) is 20.0. The van der Waals surface area contributed by atoms with E-state index in [2.05, 4.69) is 33.9 Å². The van der Waals surface area contributed by atoms with Crippen LogP contribution in [-0.2, 0) is 0 Å². The molecule has 1 aliphatic rings. The minimum absolute atomic E-state index is 0.354. The Morgan fingerprint density at radius 1 is 1.38 bits per heavy atom. The molecule has 0 spiro atoms. The molecule has 7 nitrogen and oxygen atoms in total. The molecule has 3 aromatic heterocycles.